The van der Waals surface area contributed by atoms with Crippen LogP contribution in [0.5, 0.6) is 5.75 Å². The van der Waals surface area contributed by atoms with Crippen LogP contribution in [0.15, 0.2) is 109 Å². The van der Waals surface area contributed by atoms with Crippen molar-refractivity contribution in [3.63, 3.8) is 0 Å². The summed E-state index contributed by atoms with van der Waals surface area (Å²) in [6.45, 7) is 3.28. The number of carboxylic acids is 1. The number of aromatic carboxylic acids is 1. The van der Waals surface area contributed by atoms with Crippen molar-refractivity contribution in [3.05, 3.63) is 154 Å². The van der Waals surface area contributed by atoms with Crippen LogP contribution >= 0.6 is 11.3 Å². The Labute approximate surface area is 407 Å². The predicted octanol–water partition coefficient (Wildman–Crippen LogP) is 8.23. The largest absolute Gasteiger partial charge is 0.493 e. The molecule has 1 fully saturated rings. The molecule has 17 heteroatoms. The molecule has 7 aromatic rings. The van der Waals surface area contributed by atoms with E-state index < -0.39 is 17.8 Å². The average Bonchev–Trinajstić information content (AvgIpc) is 3.78. The second-order valence-electron chi connectivity index (χ2n) is 17.1. The van der Waals surface area contributed by atoms with Crippen molar-refractivity contribution in [2.75, 3.05) is 41.0 Å². The maximum Gasteiger partial charge on any atom is 0.355 e. The zero-order valence-electron chi connectivity index (χ0n) is 38.4. The fourth-order valence-electron chi connectivity index (χ4n) is 8.90. The first-order valence-corrected chi connectivity index (χ1v) is 23.7. The van der Waals surface area contributed by atoms with Gasteiger partial charge in [0.25, 0.3) is 5.91 Å². The predicted molar refractivity (Wildman–Crippen MR) is 269 cm³/mol. The zero-order valence-corrected chi connectivity index (χ0v) is 39.2. The number of fused-ring (bicyclic) bond motifs is 2. The molecule has 0 saturated carbocycles. The number of carbonyl (C=O) groups is 5. The number of carbonyl (C=O) groups excluding carboxylic acids is 4. The van der Waals surface area contributed by atoms with E-state index >= 15 is 0 Å². The average molecular weight is 956 g/mol. The molecule has 0 radical (unpaired) electrons. The number of rotatable bonds is 16. The standard InChI is InChI=1S/C53H49N9O7S/c1-30-35(36-19-21-45(59-49(36)52(67)68)62-24-23-32-9-5-11-37(40(32)29-62)50(65)61-53-58-41-12-3-4-14-44(41)70-53)10-6-13-43(30)69-25-7-8-31-15-16-33(56-28-31)27-47(64)57-34-17-18-38(42(26-34)55-2)48(54)39-20-22-46(63)60-51(39)66/h3-6,9-19,21,26,28,39,54-55H,7-8,20,22-25,27,29H2,1-2H3,(H,57,64)(H,67,68)(H,58,61,65)(H,60,63,66). The number of thiazole rings is 1. The first-order chi connectivity index (χ1) is 33.9. The lowest BCUT2D eigenvalue weighted by molar-refractivity contribution is -0.134. The Morgan fingerprint density at radius 1 is 0.914 bits per heavy atom. The van der Waals surface area contributed by atoms with Crippen molar-refractivity contribution >= 4 is 79.2 Å². The molecule has 70 heavy (non-hydrogen) atoms. The number of amides is 4. The van der Waals surface area contributed by atoms with Crippen LogP contribution in [0.2, 0.25) is 0 Å². The van der Waals surface area contributed by atoms with Crippen molar-refractivity contribution in [3.8, 4) is 16.9 Å². The number of carboxylic acid groups (broad SMARTS) is 1. The van der Waals surface area contributed by atoms with Gasteiger partial charge in [-0.15, -0.1) is 0 Å². The topological polar surface area (TPSA) is 229 Å². The first kappa shape index (κ1) is 46.8. The molecule has 2 aliphatic heterocycles. The number of para-hydroxylation sites is 1. The highest BCUT2D eigenvalue weighted by atomic mass is 32.1. The number of aromatic nitrogens is 3. The Balaban J connectivity index is 0.787. The molecule has 0 aliphatic carbocycles. The van der Waals surface area contributed by atoms with Gasteiger partial charge in [-0.25, -0.2) is 14.8 Å². The Morgan fingerprint density at radius 3 is 2.54 bits per heavy atom. The summed E-state index contributed by atoms with van der Waals surface area (Å²) in [6, 6.07) is 31.4. The van der Waals surface area contributed by atoms with E-state index in [2.05, 4.69) is 36.2 Å². The summed E-state index contributed by atoms with van der Waals surface area (Å²) >= 11 is 1.42. The first-order valence-electron chi connectivity index (χ1n) is 22.9. The van der Waals surface area contributed by atoms with E-state index in [0.29, 0.717) is 95.0 Å². The molecule has 6 N–H and O–H groups in total. The highest BCUT2D eigenvalue weighted by Gasteiger charge is 2.32. The molecule has 0 bridgehead atoms. The highest BCUT2D eigenvalue weighted by Crippen LogP contribution is 2.35. The van der Waals surface area contributed by atoms with Gasteiger partial charge >= 0.3 is 5.97 Å². The minimum Gasteiger partial charge on any atom is -0.493 e. The van der Waals surface area contributed by atoms with Crippen LogP contribution in [0, 0.1) is 18.3 Å². The SMILES string of the molecule is CNc1cc(NC(=O)Cc2ccc(CCCOc3cccc(-c4ccc(N5CCc6cccc(C(=O)Nc7nc8ccccc8s7)c6C5)nc4C(=O)O)c3C)cn2)ccc1C(=N)C1CCC(=O)NC1=O. The van der Waals surface area contributed by atoms with E-state index in [1.165, 1.54) is 11.3 Å². The van der Waals surface area contributed by atoms with Crippen LogP contribution in [0.1, 0.15) is 73.6 Å². The van der Waals surface area contributed by atoms with Crippen molar-refractivity contribution in [1.82, 2.24) is 20.3 Å². The summed E-state index contributed by atoms with van der Waals surface area (Å²) < 4.78 is 7.22. The van der Waals surface area contributed by atoms with E-state index in [0.717, 1.165) is 32.5 Å². The molecule has 4 aromatic carbocycles. The van der Waals surface area contributed by atoms with Crippen LogP contribution < -0.4 is 30.9 Å². The Morgan fingerprint density at radius 2 is 1.76 bits per heavy atom. The number of nitrogens with zero attached hydrogens (tertiary/aromatic N) is 4. The van der Waals surface area contributed by atoms with Crippen LogP contribution in [0.3, 0.4) is 0 Å². The molecule has 1 unspecified atom stereocenters. The van der Waals surface area contributed by atoms with Crippen molar-refractivity contribution in [1.29, 1.82) is 5.41 Å². The summed E-state index contributed by atoms with van der Waals surface area (Å²) in [5, 5.41) is 30.8. The van der Waals surface area contributed by atoms with Crippen molar-refractivity contribution < 1.29 is 33.8 Å². The fourth-order valence-corrected chi connectivity index (χ4v) is 9.76. The normalized spacial score (nSPS) is 14.4. The highest BCUT2D eigenvalue weighted by molar-refractivity contribution is 7.22. The molecule has 9 rings (SSSR count). The van der Waals surface area contributed by atoms with E-state index in [1.807, 2.05) is 84.6 Å². The Kier molecular flexibility index (Phi) is 13.7. The summed E-state index contributed by atoms with van der Waals surface area (Å²) in [7, 11) is 1.69. The van der Waals surface area contributed by atoms with E-state index in [1.54, 1.807) is 43.6 Å². The van der Waals surface area contributed by atoms with Gasteiger partial charge in [-0.1, -0.05) is 53.8 Å². The lowest BCUT2D eigenvalue weighted by Crippen LogP contribution is -2.44. The minimum atomic E-state index is -1.16. The molecule has 0 spiro atoms. The number of imide groups is 1. The number of benzene rings is 4. The molecule has 16 nitrogen and oxygen atoms in total. The van der Waals surface area contributed by atoms with Gasteiger partial charge in [-0.3, -0.25) is 34.8 Å². The van der Waals surface area contributed by atoms with Crippen molar-refractivity contribution in [2.24, 2.45) is 5.92 Å². The molecular formula is C53H49N9O7S. The lowest BCUT2D eigenvalue weighted by atomic mass is 9.88. The lowest BCUT2D eigenvalue weighted by Gasteiger charge is -2.31. The number of aryl methyl sites for hydroxylation is 1. The van der Waals surface area contributed by atoms with Crippen LogP contribution in [-0.2, 0) is 40.2 Å². The fraction of sp³-hybridized carbons (Fsp3) is 0.226. The van der Waals surface area contributed by atoms with Gasteiger partial charge in [-0.2, -0.15) is 0 Å². The van der Waals surface area contributed by atoms with Gasteiger partial charge in [0.1, 0.15) is 11.6 Å². The molecule has 3 aromatic heterocycles. The third-order valence-electron chi connectivity index (χ3n) is 12.6. The summed E-state index contributed by atoms with van der Waals surface area (Å²) in [6.07, 6.45) is 4.25. The maximum atomic E-state index is 13.6. The number of anilines is 4. The smallest absolute Gasteiger partial charge is 0.355 e. The number of ether oxygens (including phenoxy) is 1. The number of nitrogens with one attached hydrogen (secondary N) is 5. The van der Waals surface area contributed by atoms with Crippen molar-refractivity contribution in [2.45, 2.75) is 52.0 Å². The van der Waals surface area contributed by atoms with E-state index in [4.69, 9.17) is 10.1 Å². The van der Waals surface area contributed by atoms with Gasteiger partial charge in [0.15, 0.2) is 10.8 Å². The molecule has 1 atom stereocenters. The summed E-state index contributed by atoms with van der Waals surface area (Å²) in [4.78, 5) is 79.1. The molecule has 4 amide bonds. The van der Waals surface area contributed by atoms with Crippen LogP contribution in [0.4, 0.5) is 22.3 Å². The number of hydrogen-bond donors (Lipinski definition) is 6. The van der Waals surface area contributed by atoms with Gasteiger partial charge < -0.3 is 30.8 Å². The molecular weight excluding hydrogens is 907 g/mol. The van der Waals surface area contributed by atoms with E-state index in [-0.39, 0.29) is 48.4 Å². The third kappa shape index (κ3) is 10.2. The molecule has 2 aliphatic rings. The number of pyridine rings is 2. The minimum absolute atomic E-state index is 0.0460. The summed E-state index contributed by atoms with van der Waals surface area (Å²) in [5.74, 6) is -2.10. The van der Waals surface area contributed by atoms with Gasteiger partial charge in [0.05, 0.1) is 34.9 Å². The van der Waals surface area contributed by atoms with E-state index in [9.17, 15) is 29.1 Å². The quantitative estimate of drug-likeness (QED) is 0.0306. The molecule has 1 saturated heterocycles. The van der Waals surface area contributed by atoms with Gasteiger partial charge in [0.2, 0.25) is 17.7 Å². The van der Waals surface area contributed by atoms with Gasteiger partial charge in [-0.05, 0) is 121 Å². The number of hydrogen-bond acceptors (Lipinski definition) is 13. The Bertz CT molecular complexity index is 3180. The summed E-state index contributed by atoms with van der Waals surface area (Å²) in [5.41, 5.74) is 8.41. The monoisotopic (exact) mass is 955 g/mol. The molecule has 354 valence electrons. The Hall–Kier alpha value is -8.31. The second kappa shape index (κ2) is 20.5. The number of piperidine rings is 1. The maximum absolute atomic E-state index is 13.6. The van der Waals surface area contributed by atoms with Crippen LogP contribution in [0.25, 0.3) is 21.3 Å². The third-order valence-corrected chi connectivity index (χ3v) is 13.5. The second-order valence-corrected chi connectivity index (χ2v) is 18.1. The van der Waals surface area contributed by atoms with Gasteiger partial charge in [0, 0.05) is 66.5 Å². The molecule has 5 heterocycles. The van der Waals surface area contributed by atoms with Crippen LogP contribution in [-0.4, -0.2) is 75.6 Å². The zero-order chi connectivity index (χ0) is 48.9.